The number of benzene rings is 1. The van der Waals surface area contributed by atoms with Crippen molar-refractivity contribution in [3.8, 4) is 0 Å². The molecule has 106 valence electrons. The highest BCUT2D eigenvalue weighted by molar-refractivity contribution is 14.0. The molecule has 0 aromatic heterocycles. The topological polar surface area (TPSA) is 18.8 Å². The zero-order valence-corrected chi connectivity index (χ0v) is 14.8. The number of halogens is 1. The minimum absolute atomic E-state index is 0. The summed E-state index contributed by atoms with van der Waals surface area (Å²) in [4.78, 5) is 9.01. The Balaban J connectivity index is 0.00000180. The molecule has 0 spiro atoms. The van der Waals surface area contributed by atoms with E-state index in [2.05, 4.69) is 41.0 Å². The van der Waals surface area contributed by atoms with Gasteiger partial charge < -0.3 is 9.80 Å². The molecule has 0 N–H and O–H groups in total. The van der Waals surface area contributed by atoms with Gasteiger partial charge >= 0.3 is 0 Å². The van der Waals surface area contributed by atoms with Crippen LogP contribution < -0.4 is 0 Å². The van der Waals surface area contributed by atoms with Crippen LogP contribution in [0.15, 0.2) is 29.3 Å². The normalized spacial score (nSPS) is 20.3. The lowest BCUT2D eigenvalue weighted by molar-refractivity contribution is 0.478. The second kappa shape index (κ2) is 6.59. The molecule has 0 saturated heterocycles. The Hall–Kier alpha value is -0.780. The fourth-order valence-corrected chi connectivity index (χ4v) is 2.44. The second-order valence-electron chi connectivity index (χ2n) is 5.48. The van der Waals surface area contributed by atoms with Crippen LogP contribution in [0.2, 0.25) is 0 Å². The van der Waals surface area contributed by atoms with Gasteiger partial charge in [-0.05, 0) is 24.5 Å². The quantitative estimate of drug-likeness (QED) is 0.451. The zero-order valence-electron chi connectivity index (χ0n) is 12.4. The molecule has 2 rings (SSSR count). The number of rotatable bonds is 2. The third-order valence-corrected chi connectivity index (χ3v) is 3.43. The molecule has 0 amide bonds. The molecule has 1 aliphatic carbocycles. The molecule has 0 bridgehead atoms. The first-order valence-corrected chi connectivity index (χ1v) is 6.48. The minimum atomic E-state index is 0. The first-order valence-electron chi connectivity index (χ1n) is 6.48. The maximum Gasteiger partial charge on any atom is 0.195 e. The zero-order chi connectivity index (χ0) is 13.3. The van der Waals surface area contributed by atoms with Crippen LogP contribution in [0.3, 0.4) is 0 Å². The molecule has 1 aromatic carbocycles. The van der Waals surface area contributed by atoms with E-state index in [4.69, 9.17) is 4.99 Å². The Labute approximate surface area is 133 Å². The fourth-order valence-electron chi connectivity index (χ4n) is 2.44. The molecule has 0 heterocycles. The highest BCUT2D eigenvalue weighted by Crippen LogP contribution is 2.44. The number of hydrogen-bond acceptors (Lipinski definition) is 1. The van der Waals surface area contributed by atoms with Crippen molar-refractivity contribution in [1.82, 2.24) is 9.80 Å². The van der Waals surface area contributed by atoms with E-state index in [1.54, 1.807) is 0 Å². The number of aliphatic imine (C=N–C) groups is 1. The lowest BCUT2D eigenvalue weighted by Gasteiger charge is -2.22. The van der Waals surface area contributed by atoms with Crippen LogP contribution in [0.1, 0.15) is 23.5 Å². The van der Waals surface area contributed by atoms with Gasteiger partial charge in [0.2, 0.25) is 0 Å². The van der Waals surface area contributed by atoms with Crippen LogP contribution in [0, 0.1) is 6.92 Å². The summed E-state index contributed by atoms with van der Waals surface area (Å²) in [5.74, 6) is 1.66. The van der Waals surface area contributed by atoms with Gasteiger partial charge in [-0.2, -0.15) is 0 Å². The van der Waals surface area contributed by atoms with Gasteiger partial charge in [0.1, 0.15) is 0 Å². The van der Waals surface area contributed by atoms with E-state index in [0.717, 1.165) is 5.96 Å². The number of hydrogen-bond donors (Lipinski definition) is 0. The SMILES string of the molecule is Cc1ccccc1C1CC1N=C(N(C)C)N(C)C.I. The average Bonchev–Trinajstić information content (AvgIpc) is 3.05. The Morgan fingerprint density at radius 3 is 2.21 bits per heavy atom. The largest absolute Gasteiger partial charge is 0.349 e. The molecule has 3 nitrogen and oxygen atoms in total. The molecule has 4 heteroatoms. The van der Waals surface area contributed by atoms with Crippen molar-refractivity contribution in [3.05, 3.63) is 35.4 Å². The summed E-state index contributed by atoms with van der Waals surface area (Å²) in [7, 11) is 8.18. The smallest absolute Gasteiger partial charge is 0.195 e. The van der Waals surface area contributed by atoms with E-state index in [1.807, 2.05) is 28.2 Å². The summed E-state index contributed by atoms with van der Waals surface area (Å²) in [6.45, 7) is 2.19. The first-order chi connectivity index (χ1) is 8.50. The lowest BCUT2D eigenvalue weighted by Crippen LogP contribution is -2.35. The van der Waals surface area contributed by atoms with Gasteiger partial charge in [0.05, 0.1) is 6.04 Å². The third kappa shape index (κ3) is 3.84. The third-order valence-electron chi connectivity index (χ3n) is 3.43. The van der Waals surface area contributed by atoms with Gasteiger partial charge in [0.15, 0.2) is 5.96 Å². The molecule has 1 fully saturated rings. The number of aryl methyl sites for hydroxylation is 1. The van der Waals surface area contributed by atoms with Crippen LogP contribution in [-0.2, 0) is 0 Å². The van der Waals surface area contributed by atoms with E-state index in [9.17, 15) is 0 Å². The van der Waals surface area contributed by atoms with Gasteiger partial charge in [-0.1, -0.05) is 24.3 Å². The van der Waals surface area contributed by atoms with Crippen LogP contribution in [0.25, 0.3) is 0 Å². The van der Waals surface area contributed by atoms with Crippen molar-refractivity contribution in [2.45, 2.75) is 25.3 Å². The predicted octanol–water partition coefficient (Wildman–Crippen LogP) is 2.95. The molecule has 2 unspecified atom stereocenters. The maximum absolute atomic E-state index is 4.85. The Morgan fingerprint density at radius 2 is 1.68 bits per heavy atom. The van der Waals surface area contributed by atoms with Crippen LogP contribution in [0.5, 0.6) is 0 Å². The van der Waals surface area contributed by atoms with Crippen molar-refractivity contribution in [1.29, 1.82) is 0 Å². The van der Waals surface area contributed by atoms with E-state index in [-0.39, 0.29) is 24.0 Å². The standard InChI is InChI=1S/C15H23N3.HI/c1-11-8-6-7-9-12(11)13-10-14(13)16-15(17(2)3)18(4)5;/h6-9,13-14H,10H2,1-5H3;1H. The maximum atomic E-state index is 4.85. The van der Waals surface area contributed by atoms with Crippen molar-refractivity contribution in [2.24, 2.45) is 4.99 Å². The van der Waals surface area contributed by atoms with Crippen molar-refractivity contribution in [3.63, 3.8) is 0 Å². The van der Waals surface area contributed by atoms with Gasteiger partial charge in [0.25, 0.3) is 0 Å². The molecule has 1 saturated carbocycles. The van der Waals surface area contributed by atoms with Crippen molar-refractivity contribution < 1.29 is 0 Å². The summed E-state index contributed by atoms with van der Waals surface area (Å²) < 4.78 is 0. The Bertz CT molecular complexity index is 444. The van der Waals surface area contributed by atoms with E-state index in [1.165, 1.54) is 17.5 Å². The molecule has 1 aliphatic rings. The number of guanidine groups is 1. The highest BCUT2D eigenvalue weighted by atomic mass is 127. The summed E-state index contributed by atoms with van der Waals surface area (Å²) >= 11 is 0. The highest BCUT2D eigenvalue weighted by Gasteiger charge is 2.39. The monoisotopic (exact) mass is 373 g/mol. The molecule has 1 aromatic rings. The van der Waals surface area contributed by atoms with Gasteiger partial charge in [-0.25, -0.2) is 4.99 Å². The summed E-state index contributed by atoms with van der Waals surface area (Å²) in [6, 6.07) is 9.10. The summed E-state index contributed by atoms with van der Waals surface area (Å²) in [5, 5.41) is 0. The molecule has 2 atom stereocenters. The van der Waals surface area contributed by atoms with E-state index < -0.39 is 0 Å². The van der Waals surface area contributed by atoms with Crippen molar-refractivity contribution in [2.75, 3.05) is 28.2 Å². The predicted molar refractivity (Wildman–Crippen MR) is 92.5 cm³/mol. The van der Waals surface area contributed by atoms with Crippen molar-refractivity contribution >= 4 is 29.9 Å². The molecule has 0 radical (unpaired) electrons. The number of nitrogens with zero attached hydrogens (tertiary/aromatic N) is 3. The molecular weight excluding hydrogens is 349 g/mol. The van der Waals surface area contributed by atoms with Gasteiger partial charge in [-0.3, -0.25) is 0 Å². The van der Waals surface area contributed by atoms with Gasteiger partial charge in [-0.15, -0.1) is 24.0 Å². The molecular formula is C15H24IN3. The minimum Gasteiger partial charge on any atom is -0.349 e. The Morgan fingerprint density at radius 1 is 1.11 bits per heavy atom. The van der Waals surface area contributed by atoms with Crippen LogP contribution in [0.4, 0.5) is 0 Å². The second-order valence-corrected chi connectivity index (χ2v) is 5.48. The summed E-state index contributed by atoms with van der Waals surface area (Å²) in [6.07, 6.45) is 1.18. The van der Waals surface area contributed by atoms with E-state index >= 15 is 0 Å². The molecule has 19 heavy (non-hydrogen) atoms. The molecule has 0 aliphatic heterocycles. The fraction of sp³-hybridized carbons (Fsp3) is 0.533. The van der Waals surface area contributed by atoms with Gasteiger partial charge in [0, 0.05) is 34.1 Å². The summed E-state index contributed by atoms with van der Waals surface area (Å²) in [5.41, 5.74) is 2.85. The van der Waals surface area contributed by atoms with Crippen LogP contribution >= 0.6 is 24.0 Å². The van der Waals surface area contributed by atoms with Crippen LogP contribution in [-0.4, -0.2) is 50.0 Å². The first kappa shape index (κ1) is 16.3. The van der Waals surface area contributed by atoms with E-state index in [0.29, 0.717) is 12.0 Å². The lowest BCUT2D eigenvalue weighted by atomic mass is 10.0. The average molecular weight is 373 g/mol. The Kier molecular flexibility index (Phi) is 5.64.